The zero-order valence-corrected chi connectivity index (χ0v) is 7.33. The van der Waals surface area contributed by atoms with Gasteiger partial charge in [0.1, 0.15) is 0 Å². The molecule has 0 aromatic heterocycles. The molecule has 1 saturated carbocycles. The van der Waals surface area contributed by atoms with E-state index in [9.17, 15) is 13.6 Å². The van der Waals surface area contributed by atoms with E-state index in [1.807, 2.05) is 15.9 Å². The van der Waals surface area contributed by atoms with E-state index in [0.717, 1.165) is 12.8 Å². The van der Waals surface area contributed by atoms with Crippen molar-refractivity contribution in [2.45, 2.75) is 17.7 Å². The lowest BCUT2D eigenvalue weighted by molar-refractivity contribution is -0.134. The molecule has 0 radical (unpaired) electrons. The first-order valence-electron chi connectivity index (χ1n) is 3.35. The summed E-state index contributed by atoms with van der Waals surface area (Å²) >= 11 is 1.97. The molecule has 1 amide bonds. The van der Waals surface area contributed by atoms with Crippen LogP contribution in [0.25, 0.3) is 0 Å². The first-order chi connectivity index (χ1) is 5.00. The average Bonchev–Trinajstić information content (AvgIpc) is 2.62. The van der Waals surface area contributed by atoms with E-state index in [0.29, 0.717) is 12.5 Å². The van der Waals surface area contributed by atoms with Gasteiger partial charge < -0.3 is 5.32 Å². The highest BCUT2D eigenvalue weighted by atomic mass is 79.9. The molecule has 0 heterocycles. The van der Waals surface area contributed by atoms with Crippen LogP contribution in [0.15, 0.2) is 0 Å². The van der Waals surface area contributed by atoms with Gasteiger partial charge in [-0.15, -0.1) is 0 Å². The van der Waals surface area contributed by atoms with Crippen LogP contribution in [0.3, 0.4) is 0 Å². The molecule has 1 N–H and O–H groups in total. The lowest BCUT2D eigenvalue weighted by atomic mass is 10.4. The Morgan fingerprint density at radius 2 is 2.18 bits per heavy atom. The number of hydrogen-bond donors (Lipinski definition) is 1. The molecular formula is C6H8BrF2NO. The summed E-state index contributed by atoms with van der Waals surface area (Å²) in [4.78, 5) is 7.07. The third kappa shape index (κ3) is 3.14. The lowest BCUT2D eigenvalue weighted by Gasteiger charge is -2.07. The Balaban J connectivity index is 2.19. The molecule has 0 atom stereocenters. The molecule has 64 valence electrons. The Morgan fingerprint density at radius 3 is 2.55 bits per heavy atom. The molecule has 0 saturated heterocycles. The molecule has 0 aliphatic heterocycles. The van der Waals surface area contributed by atoms with Gasteiger partial charge in [0.05, 0.1) is 0 Å². The van der Waals surface area contributed by atoms with Crippen molar-refractivity contribution in [1.82, 2.24) is 5.32 Å². The van der Waals surface area contributed by atoms with Gasteiger partial charge in [0.2, 0.25) is 0 Å². The summed E-state index contributed by atoms with van der Waals surface area (Å²) in [7, 11) is 0. The maximum Gasteiger partial charge on any atom is 0.377 e. The number of amides is 1. The smallest absolute Gasteiger partial charge is 0.350 e. The van der Waals surface area contributed by atoms with Crippen molar-refractivity contribution in [3.05, 3.63) is 0 Å². The highest BCUT2D eigenvalue weighted by molar-refractivity contribution is 9.10. The van der Waals surface area contributed by atoms with Crippen LogP contribution in [-0.4, -0.2) is 17.3 Å². The van der Waals surface area contributed by atoms with Gasteiger partial charge in [-0.3, -0.25) is 4.79 Å². The Hall–Kier alpha value is -0.190. The SMILES string of the molecule is O=C(NCC1CC1)C(F)(F)Br. The van der Waals surface area contributed by atoms with E-state index in [1.54, 1.807) is 0 Å². The summed E-state index contributed by atoms with van der Waals surface area (Å²) in [5.74, 6) is -0.821. The highest BCUT2D eigenvalue weighted by Crippen LogP contribution is 2.28. The van der Waals surface area contributed by atoms with Gasteiger partial charge in [-0.2, -0.15) is 8.78 Å². The van der Waals surface area contributed by atoms with Crippen LogP contribution in [0.4, 0.5) is 8.78 Å². The number of rotatable bonds is 3. The summed E-state index contributed by atoms with van der Waals surface area (Å²) in [6.45, 7) is 0.375. The van der Waals surface area contributed by atoms with Crippen molar-refractivity contribution in [3.63, 3.8) is 0 Å². The number of carbonyl (C=O) groups excluding carboxylic acids is 1. The number of nitrogens with one attached hydrogen (secondary N) is 1. The van der Waals surface area contributed by atoms with Gasteiger partial charge in [0.15, 0.2) is 0 Å². The highest BCUT2D eigenvalue weighted by Gasteiger charge is 2.35. The monoisotopic (exact) mass is 227 g/mol. The molecule has 0 bridgehead atoms. The van der Waals surface area contributed by atoms with Gasteiger partial charge in [-0.05, 0) is 18.8 Å². The topological polar surface area (TPSA) is 29.1 Å². The molecule has 5 heteroatoms. The van der Waals surface area contributed by atoms with Crippen LogP contribution in [0.5, 0.6) is 0 Å². The maximum absolute atomic E-state index is 12.1. The molecule has 1 aliphatic carbocycles. The number of hydrogen-bond acceptors (Lipinski definition) is 1. The van der Waals surface area contributed by atoms with E-state index in [1.165, 1.54) is 0 Å². The van der Waals surface area contributed by atoms with Crippen molar-refractivity contribution in [2.75, 3.05) is 6.54 Å². The second-order valence-corrected chi connectivity index (χ2v) is 3.65. The minimum Gasteiger partial charge on any atom is -0.350 e. The van der Waals surface area contributed by atoms with E-state index < -0.39 is 10.7 Å². The molecule has 11 heavy (non-hydrogen) atoms. The lowest BCUT2D eigenvalue weighted by Crippen LogP contribution is -2.36. The van der Waals surface area contributed by atoms with E-state index in [2.05, 4.69) is 5.32 Å². The first kappa shape index (κ1) is 8.90. The molecule has 2 nitrogen and oxygen atoms in total. The molecule has 0 aromatic carbocycles. The van der Waals surface area contributed by atoms with Crippen LogP contribution >= 0.6 is 15.9 Å². The maximum atomic E-state index is 12.1. The third-order valence-corrected chi connectivity index (χ3v) is 1.87. The van der Waals surface area contributed by atoms with Gasteiger partial charge in [0, 0.05) is 22.5 Å². The number of alkyl halides is 3. The van der Waals surface area contributed by atoms with Crippen molar-refractivity contribution in [1.29, 1.82) is 0 Å². The fraction of sp³-hybridized carbons (Fsp3) is 0.833. The summed E-state index contributed by atoms with van der Waals surface area (Å²) in [6.07, 6.45) is 2.07. The van der Waals surface area contributed by atoms with Crippen LogP contribution in [0.2, 0.25) is 0 Å². The molecule has 0 spiro atoms. The number of halogens is 3. The predicted molar refractivity (Wildman–Crippen MR) is 39.6 cm³/mol. The molecule has 1 fully saturated rings. The normalized spacial score (nSPS) is 18.1. The van der Waals surface area contributed by atoms with Crippen molar-refractivity contribution in [2.24, 2.45) is 5.92 Å². The Morgan fingerprint density at radius 1 is 1.64 bits per heavy atom. The molecule has 1 rings (SSSR count). The standard InChI is InChI=1S/C6H8BrF2NO/c7-6(8,9)5(11)10-3-4-1-2-4/h4H,1-3H2,(H,10,11). The first-order valence-corrected chi connectivity index (χ1v) is 4.14. The van der Waals surface area contributed by atoms with Gasteiger partial charge in [-0.25, -0.2) is 0 Å². The molecular weight excluding hydrogens is 220 g/mol. The summed E-state index contributed by atoms with van der Waals surface area (Å²) < 4.78 is 24.2. The number of carbonyl (C=O) groups is 1. The van der Waals surface area contributed by atoms with Crippen LogP contribution in [0, 0.1) is 5.92 Å². The van der Waals surface area contributed by atoms with Crippen LogP contribution in [-0.2, 0) is 4.79 Å². The Bertz CT molecular complexity index is 164. The van der Waals surface area contributed by atoms with E-state index in [4.69, 9.17) is 0 Å². The second-order valence-electron chi connectivity index (χ2n) is 2.65. The third-order valence-electron chi connectivity index (χ3n) is 1.51. The Kier molecular flexibility index (Phi) is 2.47. The largest absolute Gasteiger partial charge is 0.377 e. The zero-order chi connectivity index (χ0) is 8.48. The summed E-state index contributed by atoms with van der Waals surface area (Å²) in [6, 6.07) is 0. The van der Waals surface area contributed by atoms with Gasteiger partial charge >= 0.3 is 10.7 Å². The van der Waals surface area contributed by atoms with Gasteiger partial charge in [0.25, 0.3) is 0 Å². The second kappa shape index (κ2) is 3.05. The molecule has 1 aliphatic rings. The van der Waals surface area contributed by atoms with Gasteiger partial charge in [-0.1, -0.05) is 0 Å². The quantitative estimate of drug-likeness (QED) is 0.728. The Labute approximate surface area is 71.5 Å². The van der Waals surface area contributed by atoms with Crippen molar-refractivity contribution < 1.29 is 13.6 Å². The summed E-state index contributed by atoms with van der Waals surface area (Å²) in [5.41, 5.74) is 0. The zero-order valence-electron chi connectivity index (χ0n) is 5.74. The molecule has 0 unspecified atom stereocenters. The summed E-state index contributed by atoms with van der Waals surface area (Å²) in [5, 5.41) is 2.15. The molecule has 0 aromatic rings. The fourth-order valence-corrected chi connectivity index (χ4v) is 0.799. The van der Waals surface area contributed by atoms with E-state index >= 15 is 0 Å². The van der Waals surface area contributed by atoms with Crippen molar-refractivity contribution >= 4 is 21.8 Å². The fourth-order valence-electron chi connectivity index (χ4n) is 0.659. The van der Waals surface area contributed by atoms with E-state index in [-0.39, 0.29) is 0 Å². The van der Waals surface area contributed by atoms with Crippen LogP contribution in [0.1, 0.15) is 12.8 Å². The average molecular weight is 228 g/mol. The minimum absolute atomic E-state index is 0.375. The van der Waals surface area contributed by atoms with Crippen molar-refractivity contribution in [3.8, 4) is 0 Å². The van der Waals surface area contributed by atoms with Crippen LogP contribution < -0.4 is 5.32 Å². The minimum atomic E-state index is -3.41. The predicted octanol–water partition coefficient (Wildman–Crippen LogP) is 1.50.